The number of carbonyl (C=O) groups is 2. The topological polar surface area (TPSA) is 113 Å². The van der Waals surface area contributed by atoms with Crippen LogP contribution in [0.4, 0.5) is 10.5 Å². The summed E-state index contributed by atoms with van der Waals surface area (Å²) in [4.78, 5) is 35.3. The van der Waals surface area contributed by atoms with Crippen LogP contribution in [-0.4, -0.2) is 46.6 Å². The summed E-state index contributed by atoms with van der Waals surface area (Å²) >= 11 is 0. The number of carboxylic acid groups (broad SMARTS) is 1. The number of rotatable bonds is 6. The maximum Gasteiger partial charge on any atom is 0.317 e. The number of aliphatic carboxylic acids is 1. The number of benzene rings is 1. The van der Waals surface area contributed by atoms with E-state index in [1.807, 2.05) is 0 Å². The van der Waals surface area contributed by atoms with Gasteiger partial charge in [-0.1, -0.05) is 18.2 Å². The number of nitro groups is 1. The minimum Gasteiger partial charge on any atom is -0.481 e. The third-order valence-electron chi connectivity index (χ3n) is 4.66. The van der Waals surface area contributed by atoms with Gasteiger partial charge < -0.3 is 15.3 Å². The van der Waals surface area contributed by atoms with Gasteiger partial charge in [0.2, 0.25) is 0 Å². The number of nitrogens with zero attached hydrogens (tertiary/aromatic N) is 2. The van der Waals surface area contributed by atoms with Crippen molar-refractivity contribution in [1.82, 2.24) is 10.2 Å². The highest BCUT2D eigenvalue weighted by Crippen LogP contribution is 2.24. The summed E-state index contributed by atoms with van der Waals surface area (Å²) in [6.07, 6.45) is 2.84. The summed E-state index contributed by atoms with van der Waals surface area (Å²) in [5, 5.41) is 22.9. The van der Waals surface area contributed by atoms with Gasteiger partial charge >= 0.3 is 12.0 Å². The first-order valence-corrected chi connectivity index (χ1v) is 8.35. The Labute approximate surface area is 146 Å². The summed E-state index contributed by atoms with van der Waals surface area (Å²) < 4.78 is 0. The molecule has 0 radical (unpaired) electrons. The van der Waals surface area contributed by atoms with Crippen LogP contribution >= 0.6 is 0 Å². The second-order valence-corrected chi connectivity index (χ2v) is 6.39. The summed E-state index contributed by atoms with van der Waals surface area (Å²) in [6, 6.07) is 6.25. The fourth-order valence-electron chi connectivity index (χ4n) is 3.06. The lowest BCUT2D eigenvalue weighted by molar-refractivity contribution is -0.385. The Balaban J connectivity index is 1.81. The molecule has 8 nitrogen and oxygen atoms in total. The number of amides is 2. The molecule has 1 aliphatic rings. The van der Waals surface area contributed by atoms with E-state index in [9.17, 15) is 19.7 Å². The Morgan fingerprint density at radius 2 is 1.92 bits per heavy atom. The van der Waals surface area contributed by atoms with Crippen molar-refractivity contribution in [1.29, 1.82) is 0 Å². The van der Waals surface area contributed by atoms with Crippen LogP contribution < -0.4 is 5.32 Å². The third-order valence-corrected chi connectivity index (χ3v) is 4.66. The minimum absolute atomic E-state index is 0.0170. The van der Waals surface area contributed by atoms with E-state index in [1.54, 1.807) is 25.2 Å². The molecule has 0 atom stereocenters. The van der Waals surface area contributed by atoms with E-state index in [2.05, 4.69) is 5.32 Å². The monoisotopic (exact) mass is 349 g/mol. The summed E-state index contributed by atoms with van der Waals surface area (Å²) in [5.74, 6) is -1.09. The van der Waals surface area contributed by atoms with Crippen LogP contribution in [0.1, 0.15) is 31.2 Å². The van der Waals surface area contributed by atoms with E-state index in [-0.39, 0.29) is 23.7 Å². The molecular weight excluding hydrogens is 326 g/mol. The third kappa shape index (κ3) is 5.17. The van der Waals surface area contributed by atoms with Crippen LogP contribution in [-0.2, 0) is 11.2 Å². The SMILES string of the molecule is CN(CCc1ccccc1[N+](=O)[O-])C(=O)NC1CCC(C(=O)O)CC1. The van der Waals surface area contributed by atoms with Crippen molar-refractivity contribution in [2.45, 2.75) is 38.1 Å². The average Bonchev–Trinajstić information content (AvgIpc) is 2.60. The van der Waals surface area contributed by atoms with Crippen LogP contribution in [0.5, 0.6) is 0 Å². The molecule has 1 fully saturated rings. The van der Waals surface area contributed by atoms with Crippen molar-refractivity contribution < 1.29 is 19.6 Å². The first-order chi connectivity index (χ1) is 11.9. The highest BCUT2D eigenvalue weighted by molar-refractivity contribution is 5.74. The molecule has 2 amide bonds. The second-order valence-electron chi connectivity index (χ2n) is 6.39. The Kier molecular flexibility index (Phi) is 6.32. The zero-order chi connectivity index (χ0) is 18.4. The first kappa shape index (κ1) is 18.7. The maximum atomic E-state index is 12.2. The van der Waals surface area contributed by atoms with Crippen LogP contribution in [0, 0.1) is 16.0 Å². The number of carbonyl (C=O) groups excluding carboxylic acids is 1. The Bertz CT molecular complexity index is 641. The summed E-state index contributed by atoms with van der Waals surface area (Å²) in [7, 11) is 1.65. The molecule has 8 heteroatoms. The van der Waals surface area contributed by atoms with Crippen LogP contribution in [0.2, 0.25) is 0 Å². The average molecular weight is 349 g/mol. The molecule has 0 spiro atoms. The zero-order valence-corrected chi connectivity index (χ0v) is 14.2. The fourth-order valence-corrected chi connectivity index (χ4v) is 3.06. The van der Waals surface area contributed by atoms with Gasteiger partial charge in [0.15, 0.2) is 0 Å². The highest BCUT2D eigenvalue weighted by Gasteiger charge is 2.27. The van der Waals surface area contributed by atoms with E-state index < -0.39 is 10.9 Å². The molecule has 25 heavy (non-hydrogen) atoms. The van der Waals surface area contributed by atoms with Gasteiger partial charge in [-0.15, -0.1) is 0 Å². The standard InChI is InChI=1S/C17H23N3O5/c1-19(11-10-12-4-2-3-5-15(12)20(24)25)17(23)18-14-8-6-13(7-9-14)16(21)22/h2-5,13-14H,6-11H2,1H3,(H,18,23)(H,21,22). The number of nitro benzene ring substituents is 1. The van der Waals surface area contributed by atoms with Crippen molar-refractivity contribution in [2.24, 2.45) is 5.92 Å². The number of nitrogens with one attached hydrogen (secondary N) is 1. The maximum absolute atomic E-state index is 12.2. The molecule has 0 aliphatic heterocycles. The van der Waals surface area contributed by atoms with Gasteiger partial charge in [-0.25, -0.2) is 4.79 Å². The van der Waals surface area contributed by atoms with Crippen LogP contribution in [0.3, 0.4) is 0 Å². The smallest absolute Gasteiger partial charge is 0.317 e. The molecular formula is C17H23N3O5. The van der Waals surface area contributed by atoms with Gasteiger partial charge in [0.25, 0.3) is 5.69 Å². The van der Waals surface area contributed by atoms with E-state index in [0.717, 1.165) is 0 Å². The Morgan fingerprint density at radius 1 is 1.28 bits per heavy atom. The second kappa shape index (κ2) is 8.46. The number of carboxylic acids is 1. The highest BCUT2D eigenvalue weighted by atomic mass is 16.6. The predicted molar refractivity (Wildman–Crippen MR) is 91.3 cm³/mol. The molecule has 1 aromatic rings. The van der Waals surface area contributed by atoms with Crippen molar-refractivity contribution in [3.05, 3.63) is 39.9 Å². The van der Waals surface area contributed by atoms with Gasteiger partial charge in [0, 0.05) is 31.3 Å². The van der Waals surface area contributed by atoms with E-state index in [1.165, 1.54) is 11.0 Å². The molecule has 0 heterocycles. The molecule has 0 unspecified atom stereocenters. The van der Waals surface area contributed by atoms with Gasteiger partial charge in [0.1, 0.15) is 0 Å². The molecule has 0 bridgehead atoms. The molecule has 1 aromatic carbocycles. The Morgan fingerprint density at radius 3 is 2.52 bits per heavy atom. The van der Waals surface area contributed by atoms with Crippen molar-refractivity contribution >= 4 is 17.7 Å². The van der Waals surface area contributed by atoms with Gasteiger partial charge in [-0.05, 0) is 32.1 Å². The molecule has 2 N–H and O–H groups in total. The van der Waals surface area contributed by atoms with Gasteiger partial charge in [-0.2, -0.15) is 0 Å². The number of likely N-dealkylation sites (N-methyl/N-ethyl adjacent to an activating group) is 1. The normalized spacial score (nSPS) is 19.9. The Hall–Kier alpha value is -2.64. The largest absolute Gasteiger partial charge is 0.481 e. The molecule has 1 aliphatic carbocycles. The minimum atomic E-state index is -0.772. The van der Waals surface area contributed by atoms with Crippen molar-refractivity contribution in [3.63, 3.8) is 0 Å². The van der Waals surface area contributed by atoms with Crippen molar-refractivity contribution in [2.75, 3.05) is 13.6 Å². The molecule has 0 aromatic heterocycles. The molecule has 0 saturated heterocycles. The summed E-state index contributed by atoms with van der Waals surface area (Å²) in [5.41, 5.74) is 0.650. The van der Waals surface area contributed by atoms with Crippen LogP contribution in [0.15, 0.2) is 24.3 Å². The molecule has 1 saturated carbocycles. The van der Waals surface area contributed by atoms with Gasteiger partial charge in [0.05, 0.1) is 10.8 Å². The van der Waals surface area contributed by atoms with E-state index >= 15 is 0 Å². The zero-order valence-electron chi connectivity index (χ0n) is 14.2. The molecule has 136 valence electrons. The van der Waals surface area contributed by atoms with E-state index in [4.69, 9.17) is 5.11 Å². The number of urea groups is 1. The number of hydrogen-bond acceptors (Lipinski definition) is 4. The molecule has 2 rings (SSSR count). The number of hydrogen-bond donors (Lipinski definition) is 2. The fraction of sp³-hybridized carbons (Fsp3) is 0.529. The lowest BCUT2D eigenvalue weighted by atomic mass is 9.86. The van der Waals surface area contributed by atoms with Gasteiger partial charge in [-0.3, -0.25) is 14.9 Å². The lowest BCUT2D eigenvalue weighted by Crippen LogP contribution is -2.45. The number of para-hydroxylation sites is 1. The summed E-state index contributed by atoms with van der Waals surface area (Å²) in [6.45, 7) is 0.362. The predicted octanol–water partition coefficient (Wildman–Crippen LogP) is 2.42. The van der Waals surface area contributed by atoms with Crippen LogP contribution in [0.25, 0.3) is 0 Å². The van der Waals surface area contributed by atoms with E-state index in [0.29, 0.717) is 44.2 Å². The van der Waals surface area contributed by atoms with Crippen molar-refractivity contribution in [3.8, 4) is 0 Å². The first-order valence-electron chi connectivity index (χ1n) is 8.35. The quantitative estimate of drug-likeness (QED) is 0.605. The lowest BCUT2D eigenvalue weighted by Gasteiger charge is -2.28.